The van der Waals surface area contributed by atoms with E-state index < -0.39 is 0 Å². The van der Waals surface area contributed by atoms with Crippen molar-refractivity contribution >= 4 is 17.5 Å². The molecular weight excluding hydrogens is 196 g/mol. The summed E-state index contributed by atoms with van der Waals surface area (Å²) < 4.78 is 1.54. The Labute approximate surface area is 87.1 Å². The van der Waals surface area contributed by atoms with Crippen molar-refractivity contribution in [3.05, 3.63) is 5.56 Å². The molecule has 2 rings (SSSR count). The molecular formula is C9H14N4O2. The van der Waals surface area contributed by atoms with E-state index in [1.807, 2.05) is 6.92 Å². The fourth-order valence-corrected chi connectivity index (χ4v) is 1.75. The monoisotopic (exact) mass is 210 g/mol. The van der Waals surface area contributed by atoms with E-state index in [0.717, 1.165) is 5.56 Å². The summed E-state index contributed by atoms with van der Waals surface area (Å²) in [6, 6.07) is 0. The summed E-state index contributed by atoms with van der Waals surface area (Å²) in [4.78, 5) is 11.5. The van der Waals surface area contributed by atoms with Crippen LogP contribution in [0, 0.1) is 5.92 Å². The Bertz CT molecular complexity index is 399. The molecule has 1 aromatic rings. The molecule has 82 valence electrons. The molecule has 0 aliphatic carbocycles. The zero-order valence-corrected chi connectivity index (χ0v) is 8.53. The molecule has 0 fully saturated rings. The van der Waals surface area contributed by atoms with Crippen molar-refractivity contribution in [3.63, 3.8) is 0 Å². The maximum atomic E-state index is 11.5. The number of hydrogen-bond acceptors (Lipinski definition) is 4. The van der Waals surface area contributed by atoms with Gasteiger partial charge in [-0.1, -0.05) is 6.92 Å². The SMILES string of the molecule is C[C@@H]1Cc2c(N)nn(CCO)c2NC1=O. The highest BCUT2D eigenvalue weighted by atomic mass is 16.3. The molecule has 0 saturated carbocycles. The average molecular weight is 210 g/mol. The van der Waals surface area contributed by atoms with Gasteiger partial charge in [-0.15, -0.1) is 0 Å². The van der Waals surface area contributed by atoms with Crippen molar-refractivity contribution in [1.29, 1.82) is 0 Å². The quantitative estimate of drug-likeness (QED) is 0.618. The molecule has 1 atom stereocenters. The number of nitrogens with two attached hydrogens (primary N) is 1. The Balaban J connectivity index is 2.40. The number of nitrogens with one attached hydrogen (secondary N) is 1. The third kappa shape index (κ3) is 1.56. The van der Waals surface area contributed by atoms with E-state index in [0.29, 0.717) is 24.6 Å². The van der Waals surface area contributed by atoms with Crippen molar-refractivity contribution in [2.24, 2.45) is 5.92 Å². The first-order chi connectivity index (χ1) is 7.13. The van der Waals surface area contributed by atoms with E-state index in [2.05, 4.69) is 10.4 Å². The number of carbonyl (C=O) groups is 1. The summed E-state index contributed by atoms with van der Waals surface area (Å²) in [5.41, 5.74) is 6.61. The molecule has 4 N–H and O–H groups in total. The van der Waals surface area contributed by atoms with Crippen LogP contribution in [0.3, 0.4) is 0 Å². The van der Waals surface area contributed by atoms with Gasteiger partial charge in [-0.3, -0.25) is 4.79 Å². The van der Waals surface area contributed by atoms with Crippen LogP contribution in [0.1, 0.15) is 12.5 Å². The van der Waals surface area contributed by atoms with Gasteiger partial charge in [0.2, 0.25) is 5.91 Å². The molecule has 0 aromatic carbocycles. The zero-order valence-electron chi connectivity index (χ0n) is 8.53. The molecule has 1 amide bonds. The summed E-state index contributed by atoms with van der Waals surface area (Å²) in [7, 11) is 0. The number of anilines is 2. The van der Waals surface area contributed by atoms with E-state index in [1.165, 1.54) is 4.68 Å². The first kappa shape index (κ1) is 9.97. The minimum absolute atomic E-state index is 0.0263. The van der Waals surface area contributed by atoms with Crippen molar-refractivity contribution in [2.45, 2.75) is 19.9 Å². The first-order valence-electron chi connectivity index (χ1n) is 4.90. The van der Waals surface area contributed by atoms with Gasteiger partial charge in [0.15, 0.2) is 5.82 Å². The van der Waals surface area contributed by atoms with E-state index in [4.69, 9.17) is 10.8 Å². The van der Waals surface area contributed by atoms with Gasteiger partial charge in [-0.2, -0.15) is 5.10 Å². The van der Waals surface area contributed by atoms with E-state index >= 15 is 0 Å². The lowest BCUT2D eigenvalue weighted by Gasteiger charge is -2.19. The molecule has 15 heavy (non-hydrogen) atoms. The van der Waals surface area contributed by atoms with Gasteiger partial charge in [0.1, 0.15) is 5.82 Å². The number of carbonyl (C=O) groups excluding carboxylic acids is 1. The van der Waals surface area contributed by atoms with Gasteiger partial charge in [-0.05, 0) is 6.42 Å². The predicted octanol–water partition coefficient (Wildman–Crippen LogP) is -0.412. The fraction of sp³-hybridized carbons (Fsp3) is 0.556. The van der Waals surface area contributed by atoms with Crippen LogP contribution in [0.25, 0.3) is 0 Å². The van der Waals surface area contributed by atoms with Crippen LogP contribution >= 0.6 is 0 Å². The van der Waals surface area contributed by atoms with E-state index in [-0.39, 0.29) is 18.4 Å². The normalized spacial score (nSPS) is 19.9. The van der Waals surface area contributed by atoms with Gasteiger partial charge in [0.25, 0.3) is 0 Å². The van der Waals surface area contributed by atoms with Gasteiger partial charge in [-0.25, -0.2) is 4.68 Å². The molecule has 0 unspecified atom stereocenters. The van der Waals surface area contributed by atoms with Crippen LogP contribution in [-0.2, 0) is 17.8 Å². The van der Waals surface area contributed by atoms with Crippen molar-refractivity contribution < 1.29 is 9.90 Å². The predicted molar refractivity (Wildman–Crippen MR) is 55.2 cm³/mol. The van der Waals surface area contributed by atoms with E-state index in [9.17, 15) is 4.79 Å². The maximum Gasteiger partial charge on any atom is 0.228 e. The number of rotatable bonds is 2. The Kier molecular flexibility index (Phi) is 2.36. The fourth-order valence-electron chi connectivity index (χ4n) is 1.75. The summed E-state index contributed by atoms with van der Waals surface area (Å²) >= 11 is 0. The Morgan fingerprint density at radius 2 is 2.47 bits per heavy atom. The lowest BCUT2D eigenvalue weighted by molar-refractivity contribution is -0.119. The van der Waals surface area contributed by atoms with Crippen molar-refractivity contribution in [2.75, 3.05) is 17.7 Å². The van der Waals surface area contributed by atoms with E-state index in [1.54, 1.807) is 0 Å². The van der Waals surface area contributed by atoms with Gasteiger partial charge in [0.05, 0.1) is 13.2 Å². The van der Waals surface area contributed by atoms with Crippen molar-refractivity contribution in [3.8, 4) is 0 Å². The number of aliphatic hydroxyl groups excluding tert-OH is 1. The number of fused-ring (bicyclic) bond motifs is 1. The van der Waals surface area contributed by atoms with Crippen LogP contribution in [-0.4, -0.2) is 27.4 Å². The average Bonchev–Trinajstić information content (AvgIpc) is 2.46. The highest BCUT2D eigenvalue weighted by Crippen LogP contribution is 2.29. The molecule has 6 nitrogen and oxygen atoms in total. The molecule has 1 aromatic heterocycles. The van der Waals surface area contributed by atoms with Crippen LogP contribution in [0.2, 0.25) is 0 Å². The van der Waals surface area contributed by atoms with Crippen LogP contribution in [0.15, 0.2) is 0 Å². The van der Waals surface area contributed by atoms with Gasteiger partial charge >= 0.3 is 0 Å². The molecule has 0 spiro atoms. The summed E-state index contributed by atoms with van der Waals surface area (Å²) in [5.74, 6) is 0.961. The Hall–Kier alpha value is -1.56. The minimum Gasteiger partial charge on any atom is -0.394 e. The second kappa shape index (κ2) is 3.54. The maximum absolute atomic E-state index is 11.5. The number of aromatic nitrogens is 2. The first-order valence-corrected chi connectivity index (χ1v) is 4.90. The molecule has 0 saturated heterocycles. The second-order valence-electron chi connectivity index (χ2n) is 3.75. The minimum atomic E-state index is -0.0772. The van der Waals surface area contributed by atoms with Crippen LogP contribution in [0.4, 0.5) is 11.6 Å². The topological polar surface area (TPSA) is 93.2 Å². The van der Waals surface area contributed by atoms with Crippen LogP contribution < -0.4 is 11.1 Å². The summed E-state index contributed by atoms with van der Waals surface area (Å²) in [6.45, 7) is 2.16. The second-order valence-corrected chi connectivity index (χ2v) is 3.75. The molecule has 2 heterocycles. The number of hydrogen-bond donors (Lipinski definition) is 3. The Morgan fingerprint density at radius 1 is 1.73 bits per heavy atom. The lowest BCUT2D eigenvalue weighted by Crippen LogP contribution is -2.29. The molecule has 1 aliphatic heterocycles. The molecule has 1 aliphatic rings. The standard InChI is InChI=1S/C9H14N4O2/c1-5-4-6-7(10)12-13(2-3-14)8(6)11-9(5)15/h5,14H,2-4H2,1H3,(H2,10,12)(H,11,15)/t5-/m1/s1. The third-order valence-corrected chi connectivity index (χ3v) is 2.59. The third-order valence-electron chi connectivity index (χ3n) is 2.59. The van der Waals surface area contributed by atoms with Gasteiger partial charge < -0.3 is 16.2 Å². The molecule has 6 heteroatoms. The molecule has 0 bridgehead atoms. The summed E-state index contributed by atoms with van der Waals surface area (Å²) in [6.07, 6.45) is 0.610. The lowest BCUT2D eigenvalue weighted by atomic mass is 9.98. The number of nitrogen functional groups attached to an aromatic ring is 1. The smallest absolute Gasteiger partial charge is 0.228 e. The highest BCUT2D eigenvalue weighted by Gasteiger charge is 2.28. The highest BCUT2D eigenvalue weighted by molar-refractivity contribution is 5.95. The van der Waals surface area contributed by atoms with Gasteiger partial charge in [0, 0.05) is 11.5 Å². The van der Waals surface area contributed by atoms with Crippen LogP contribution in [0.5, 0.6) is 0 Å². The largest absolute Gasteiger partial charge is 0.394 e. The zero-order chi connectivity index (χ0) is 11.0. The number of aliphatic hydroxyl groups is 1. The molecule has 0 radical (unpaired) electrons. The number of amides is 1. The number of nitrogens with zero attached hydrogens (tertiary/aromatic N) is 2. The van der Waals surface area contributed by atoms with Crippen molar-refractivity contribution in [1.82, 2.24) is 9.78 Å². The Morgan fingerprint density at radius 3 is 3.13 bits per heavy atom. The summed E-state index contributed by atoms with van der Waals surface area (Å²) in [5, 5.41) is 15.7.